The first kappa shape index (κ1) is 16.4. The third-order valence-electron chi connectivity index (χ3n) is 5.62. The first-order valence-electron chi connectivity index (χ1n) is 9.66. The second-order valence-corrected chi connectivity index (χ2v) is 9.17. The molecule has 0 N–H and O–H groups in total. The molecule has 2 saturated carbocycles. The second kappa shape index (κ2) is 6.12. The Morgan fingerprint density at radius 2 is 1.96 bits per heavy atom. The fourth-order valence-electron chi connectivity index (χ4n) is 3.97. The molecule has 0 bridgehead atoms. The van der Waals surface area contributed by atoms with E-state index >= 15 is 0 Å². The molecule has 5 nitrogen and oxygen atoms in total. The average molecular weight is 369 g/mol. The lowest BCUT2D eigenvalue weighted by molar-refractivity contribution is -0.118. The van der Waals surface area contributed by atoms with Gasteiger partial charge in [-0.15, -0.1) is 10.2 Å². The highest BCUT2D eigenvalue weighted by atomic mass is 32.2. The molecule has 5 rings (SSSR count). The number of thioether (sulfide) groups is 1. The van der Waals surface area contributed by atoms with Gasteiger partial charge in [0.15, 0.2) is 5.16 Å². The molecule has 6 heteroatoms. The number of carbonyl (C=O) groups excluding carboxylic acids is 1. The van der Waals surface area contributed by atoms with E-state index in [2.05, 4.69) is 39.9 Å². The Morgan fingerprint density at radius 1 is 1.19 bits per heavy atom. The quantitative estimate of drug-likeness (QED) is 0.750. The van der Waals surface area contributed by atoms with Gasteiger partial charge in [-0.05, 0) is 57.6 Å². The summed E-state index contributed by atoms with van der Waals surface area (Å²) < 4.78 is 2.33. The minimum absolute atomic E-state index is 0.169. The van der Waals surface area contributed by atoms with Crippen molar-refractivity contribution in [3.05, 3.63) is 35.7 Å². The fraction of sp³-hybridized carbons (Fsp3) is 0.550. The topological polar surface area (TPSA) is 51.0 Å². The molecule has 1 aromatic heterocycles. The second-order valence-electron chi connectivity index (χ2n) is 7.87. The number of fused-ring (bicyclic) bond motifs is 1. The maximum atomic E-state index is 13.2. The number of para-hydroxylation sites is 1. The lowest BCUT2D eigenvalue weighted by atomic mass is 10.1. The SMILES string of the molecule is C[C@@H](Sc1nnc(C2CC2)n1C1CC1)C(=O)N1c2ccccc2C[C@@H]1C. The van der Waals surface area contributed by atoms with Crippen molar-refractivity contribution in [2.24, 2.45) is 0 Å². The molecule has 1 aliphatic heterocycles. The summed E-state index contributed by atoms with van der Waals surface area (Å²) in [6.07, 6.45) is 5.82. The lowest BCUT2D eigenvalue weighted by Gasteiger charge is -2.25. The van der Waals surface area contributed by atoms with Gasteiger partial charge in [-0.1, -0.05) is 30.0 Å². The summed E-state index contributed by atoms with van der Waals surface area (Å²) in [5.41, 5.74) is 2.34. The van der Waals surface area contributed by atoms with E-state index in [1.165, 1.54) is 31.2 Å². The number of amides is 1. The van der Waals surface area contributed by atoms with Crippen LogP contribution in [-0.4, -0.2) is 32.0 Å². The van der Waals surface area contributed by atoms with Crippen LogP contribution in [0.5, 0.6) is 0 Å². The maximum Gasteiger partial charge on any atom is 0.240 e. The highest BCUT2D eigenvalue weighted by molar-refractivity contribution is 8.00. The molecule has 2 aliphatic carbocycles. The van der Waals surface area contributed by atoms with Crippen molar-refractivity contribution >= 4 is 23.4 Å². The molecular weight excluding hydrogens is 344 g/mol. The van der Waals surface area contributed by atoms with Crippen LogP contribution in [0.3, 0.4) is 0 Å². The number of nitrogens with zero attached hydrogens (tertiary/aromatic N) is 4. The zero-order valence-electron chi connectivity index (χ0n) is 15.3. The Morgan fingerprint density at radius 3 is 2.69 bits per heavy atom. The van der Waals surface area contributed by atoms with Gasteiger partial charge < -0.3 is 9.47 Å². The van der Waals surface area contributed by atoms with E-state index in [1.54, 1.807) is 11.8 Å². The van der Waals surface area contributed by atoms with Gasteiger partial charge in [0.2, 0.25) is 5.91 Å². The van der Waals surface area contributed by atoms with Gasteiger partial charge in [0.25, 0.3) is 0 Å². The van der Waals surface area contributed by atoms with E-state index in [0.29, 0.717) is 12.0 Å². The van der Waals surface area contributed by atoms with Crippen molar-refractivity contribution in [2.45, 2.75) is 74.4 Å². The Hall–Kier alpha value is -1.82. The Balaban J connectivity index is 1.38. The van der Waals surface area contributed by atoms with Gasteiger partial charge in [-0.2, -0.15) is 0 Å². The molecule has 0 unspecified atom stereocenters. The van der Waals surface area contributed by atoms with Crippen molar-refractivity contribution in [2.75, 3.05) is 4.90 Å². The van der Waals surface area contributed by atoms with Crippen LogP contribution in [0.15, 0.2) is 29.4 Å². The van der Waals surface area contributed by atoms with E-state index in [-0.39, 0.29) is 17.2 Å². The molecule has 1 amide bonds. The van der Waals surface area contributed by atoms with Gasteiger partial charge >= 0.3 is 0 Å². The molecule has 2 atom stereocenters. The molecule has 0 spiro atoms. The highest BCUT2D eigenvalue weighted by Gasteiger charge is 2.38. The molecule has 0 saturated heterocycles. The summed E-state index contributed by atoms with van der Waals surface area (Å²) in [5.74, 6) is 1.91. The summed E-state index contributed by atoms with van der Waals surface area (Å²) in [7, 11) is 0. The van der Waals surface area contributed by atoms with Crippen molar-refractivity contribution in [1.82, 2.24) is 14.8 Å². The molecule has 26 heavy (non-hydrogen) atoms. The lowest BCUT2D eigenvalue weighted by Crippen LogP contribution is -2.40. The molecule has 0 radical (unpaired) electrons. The van der Waals surface area contributed by atoms with Crippen molar-refractivity contribution in [3.8, 4) is 0 Å². The van der Waals surface area contributed by atoms with E-state index in [9.17, 15) is 4.79 Å². The fourth-order valence-corrected chi connectivity index (χ4v) is 4.95. The van der Waals surface area contributed by atoms with E-state index < -0.39 is 0 Å². The minimum atomic E-state index is -0.169. The first-order valence-corrected chi connectivity index (χ1v) is 10.5. The molecule has 2 aromatic rings. The Kier molecular flexibility index (Phi) is 3.85. The molecular formula is C20H24N4OS. The largest absolute Gasteiger partial charge is 0.308 e. The minimum Gasteiger partial charge on any atom is -0.308 e. The van der Waals surface area contributed by atoms with Crippen LogP contribution in [0.4, 0.5) is 5.69 Å². The number of aromatic nitrogens is 3. The smallest absolute Gasteiger partial charge is 0.240 e. The third-order valence-corrected chi connectivity index (χ3v) is 6.66. The molecule has 2 fully saturated rings. The van der Waals surface area contributed by atoms with Crippen LogP contribution in [0.1, 0.15) is 62.9 Å². The predicted octanol–water partition coefficient (Wildman–Crippen LogP) is 3.95. The number of carbonyl (C=O) groups is 1. The number of hydrogen-bond donors (Lipinski definition) is 0. The normalized spacial score (nSPS) is 23.2. The van der Waals surface area contributed by atoms with Crippen LogP contribution < -0.4 is 4.90 Å². The van der Waals surface area contributed by atoms with Crippen molar-refractivity contribution in [3.63, 3.8) is 0 Å². The van der Waals surface area contributed by atoms with Crippen molar-refractivity contribution in [1.29, 1.82) is 0 Å². The van der Waals surface area contributed by atoms with Crippen LogP contribution in [0.2, 0.25) is 0 Å². The summed E-state index contributed by atoms with van der Waals surface area (Å²) in [5, 5.41) is 9.68. The summed E-state index contributed by atoms with van der Waals surface area (Å²) >= 11 is 1.57. The Bertz CT molecular complexity index is 855. The van der Waals surface area contributed by atoms with Gasteiger partial charge in [0, 0.05) is 23.7 Å². The van der Waals surface area contributed by atoms with Gasteiger partial charge in [-0.25, -0.2) is 0 Å². The zero-order valence-corrected chi connectivity index (χ0v) is 16.1. The molecule has 2 heterocycles. The summed E-state index contributed by atoms with van der Waals surface area (Å²) in [6.45, 7) is 4.14. The van der Waals surface area contributed by atoms with E-state index in [4.69, 9.17) is 0 Å². The summed E-state index contributed by atoms with van der Waals surface area (Å²) in [4.78, 5) is 15.2. The number of benzene rings is 1. The number of hydrogen-bond acceptors (Lipinski definition) is 4. The first-order chi connectivity index (χ1) is 12.6. The monoisotopic (exact) mass is 368 g/mol. The number of anilines is 1. The standard InChI is InChI=1S/C20H24N4OS/c1-12-11-15-5-3-4-6-17(15)23(12)19(25)13(2)26-20-22-21-18(14-7-8-14)24(20)16-9-10-16/h3-6,12-14,16H,7-11H2,1-2H3/t12-,13+/m0/s1. The third kappa shape index (κ3) is 2.75. The molecule has 3 aliphatic rings. The van der Waals surface area contributed by atoms with Gasteiger partial charge in [-0.3, -0.25) is 4.79 Å². The van der Waals surface area contributed by atoms with Gasteiger partial charge in [0.1, 0.15) is 5.82 Å². The molecule has 1 aromatic carbocycles. The average Bonchev–Trinajstić information content (AvgIpc) is 3.56. The van der Waals surface area contributed by atoms with Crippen LogP contribution >= 0.6 is 11.8 Å². The van der Waals surface area contributed by atoms with E-state index in [0.717, 1.165) is 23.1 Å². The summed E-state index contributed by atoms with van der Waals surface area (Å²) in [6, 6.07) is 9.02. The zero-order chi connectivity index (χ0) is 17.8. The van der Waals surface area contributed by atoms with Crippen LogP contribution in [0, 0.1) is 0 Å². The van der Waals surface area contributed by atoms with Gasteiger partial charge in [0.05, 0.1) is 5.25 Å². The predicted molar refractivity (Wildman–Crippen MR) is 103 cm³/mol. The Labute approximate surface area is 158 Å². The molecule has 136 valence electrons. The highest BCUT2D eigenvalue weighted by Crippen LogP contribution is 2.46. The maximum absolute atomic E-state index is 13.2. The van der Waals surface area contributed by atoms with Crippen LogP contribution in [-0.2, 0) is 11.2 Å². The van der Waals surface area contributed by atoms with Crippen LogP contribution in [0.25, 0.3) is 0 Å². The van der Waals surface area contributed by atoms with E-state index in [1.807, 2.05) is 17.9 Å². The number of rotatable bonds is 5. The van der Waals surface area contributed by atoms with Crippen molar-refractivity contribution < 1.29 is 4.79 Å².